The zero-order valence-electron chi connectivity index (χ0n) is 25.6. The Morgan fingerprint density at radius 1 is 0.298 bits per heavy atom. The molecule has 0 spiro atoms. The van der Waals surface area contributed by atoms with E-state index in [2.05, 4.69) is 170 Å². The van der Waals surface area contributed by atoms with E-state index >= 15 is 0 Å². The lowest BCUT2D eigenvalue weighted by atomic mass is 9.83. The molecule has 9 aromatic carbocycles. The first-order valence-electron chi connectivity index (χ1n) is 16.2. The Balaban J connectivity index is 1.37. The molecule has 0 aliphatic rings. The lowest BCUT2D eigenvalue weighted by Crippen LogP contribution is -1.93. The molecule has 10 aromatic rings. The van der Waals surface area contributed by atoms with Crippen LogP contribution in [0.3, 0.4) is 0 Å². The van der Waals surface area contributed by atoms with Gasteiger partial charge >= 0.3 is 0 Å². The molecule has 0 saturated heterocycles. The fourth-order valence-corrected chi connectivity index (χ4v) is 7.76. The highest BCUT2D eigenvalue weighted by molar-refractivity contribution is 6.29. The average molecular weight is 597 g/mol. The highest BCUT2D eigenvalue weighted by atomic mass is 16.3. The van der Waals surface area contributed by atoms with Gasteiger partial charge in [-0.25, -0.2) is 0 Å². The molecule has 47 heavy (non-hydrogen) atoms. The Kier molecular flexibility index (Phi) is 5.64. The van der Waals surface area contributed by atoms with Gasteiger partial charge in [-0.1, -0.05) is 152 Å². The summed E-state index contributed by atoms with van der Waals surface area (Å²) >= 11 is 0. The molecule has 0 radical (unpaired) electrons. The predicted octanol–water partition coefficient (Wildman–Crippen LogP) is 13.2. The van der Waals surface area contributed by atoms with E-state index in [4.69, 9.17) is 4.42 Å². The molecular weight excluding hydrogens is 569 g/mol. The van der Waals surface area contributed by atoms with Crippen molar-refractivity contribution < 1.29 is 4.42 Å². The maximum atomic E-state index is 6.77. The van der Waals surface area contributed by atoms with Crippen molar-refractivity contribution in [3.63, 3.8) is 0 Å². The molecular formula is C46H28O. The van der Waals surface area contributed by atoms with Crippen LogP contribution < -0.4 is 0 Å². The van der Waals surface area contributed by atoms with Crippen molar-refractivity contribution in [2.24, 2.45) is 0 Å². The van der Waals surface area contributed by atoms with E-state index in [9.17, 15) is 0 Å². The summed E-state index contributed by atoms with van der Waals surface area (Å²) in [5.41, 5.74) is 9.16. The Morgan fingerprint density at radius 3 is 1.64 bits per heavy atom. The van der Waals surface area contributed by atoms with Crippen LogP contribution in [0.1, 0.15) is 0 Å². The summed E-state index contributed by atoms with van der Waals surface area (Å²) in [6.45, 7) is 0. The van der Waals surface area contributed by atoms with Crippen LogP contribution in [0.5, 0.6) is 0 Å². The first kappa shape index (κ1) is 26.1. The Hall–Kier alpha value is -6.18. The van der Waals surface area contributed by atoms with E-state index < -0.39 is 0 Å². The molecule has 218 valence electrons. The quantitative estimate of drug-likeness (QED) is 0.185. The second kappa shape index (κ2) is 10.2. The van der Waals surface area contributed by atoms with Crippen LogP contribution in [-0.2, 0) is 0 Å². The normalized spacial score (nSPS) is 11.8. The third-order valence-corrected chi connectivity index (χ3v) is 9.83. The first-order valence-corrected chi connectivity index (χ1v) is 16.2. The summed E-state index contributed by atoms with van der Waals surface area (Å²) < 4.78 is 6.77. The van der Waals surface area contributed by atoms with Crippen LogP contribution in [0.4, 0.5) is 0 Å². The molecule has 1 heterocycles. The number of rotatable bonds is 3. The Bertz CT molecular complexity index is 2780. The van der Waals surface area contributed by atoms with Gasteiger partial charge < -0.3 is 4.42 Å². The van der Waals surface area contributed by atoms with Crippen molar-refractivity contribution in [1.82, 2.24) is 0 Å². The molecule has 0 unspecified atom stereocenters. The zero-order chi connectivity index (χ0) is 30.9. The molecule has 0 aliphatic carbocycles. The zero-order valence-corrected chi connectivity index (χ0v) is 25.6. The van der Waals surface area contributed by atoms with E-state index in [1.165, 1.54) is 70.9 Å². The van der Waals surface area contributed by atoms with Crippen molar-refractivity contribution in [3.8, 4) is 33.4 Å². The fourth-order valence-electron chi connectivity index (χ4n) is 7.76. The van der Waals surface area contributed by atoms with Crippen molar-refractivity contribution in [1.29, 1.82) is 0 Å². The number of furan rings is 1. The largest absolute Gasteiger partial charge is 0.455 e. The highest BCUT2D eigenvalue weighted by Crippen LogP contribution is 2.49. The maximum absolute atomic E-state index is 6.77. The van der Waals surface area contributed by atoms with Gasteiger partial charge in [0.2, 0.25) is 0 Å². The van der Waals surface area contributed by atoms with Gasteiger partial charge in [0.25, 0.3) is 0 Å². The van der Waals surface area contributed by atoms with Gasteiger partial charge in [-0.2, -0.15) is 0 Å². The monoisotopic (exact) mass is 596 g/mol. The molecule has 1 aromatic heterocycles. The van der Waals surface area contributed by atoms with E-state index in [-0.39, 0.29) is 0 Å². The summed E-state index contributed by atoms with van der Waals surface area (Å²) in [7, 11) is 0. The molecule has 0 saturated carbocycles. The lowest BCUT2D eigenvalue weighted by Gasteiger charge is -2.20. The number of para-hydroxylation sites is 1. The predicted molar refractivity (Wildman–Crippen MR) is 200 cm³/mol. The van der Waals surface area contributed by atoms with Gasteiger partial charge in [0.1, 0.15) is 11.2 Å². The summed E-state index contributed by atoms with van der Waals surface area (Å²) in [6.07, 6.45) is 0. The molecule has 0 N–H and O–H groups in total. The van der Waals surface area contributed by atoms with Gasteiger partial charge in [-0.05, 0) is 83.5 Å². The summed E-state index contributed by atoms with van der Waals surface area (Å²) in [6, 6.07) is 61.5. The van der Waals surface area contributed by atoms with Crippen molar-refractivity contribution in [2.75, 3.05) is 0 Å². The van der Waals surface area contributed by atoms with Gasteiger partial charge in [0, 0.05) is 21.9 Å². The SMILES string of the molecule is c1ccc(-c2ccc3cccc(-c4c5ccccc5c(-c5c6ccccc6cc6c5oc5ccccc56)c5ccccc45)c3c2)cc1. The first-order chi connectivity index (χ1) is 23.3. The minimum atomic E-state index is 0.911. The van der Waals surface area contributed by atoms with Crippen molar-refractivity contribution in [3.05, 3.63) is 170 Å². The number of hydrogen-bond donors (Lipinski definition) is 0. The molecule has 1 heteroatoms. The van der Waals surface area contributed by atoms with Crippen LogP contribution in [0.2, 0.25) is 0 Å². The van der Waals surface area contributed by atoms with Crippen LogP contribution in [-0.4, -0.2) is 0 Å². The van der Waals surface area contributed by atoms with Gasteiger partial charge in [0.15, 0.2) is 0 Å². The van der Waals surface area contributed by atoms with E-state index in [0.717, 1.165) is 27.5 Å². The molecule has 0 atom stereocenters. The molecule has 1 nitrogen and oxygen atoms in total. The summed E-state index contributed by atoms with van der Waals surface area (Å²) in [5.74, 6) is 0. The number of benzene rings is 9. The summed E-state index contributed by atoms with van der Waals surface area (Å²) in [5, 5.41) is 12.1. The third-order valence-electron chi connectivity index (χ3n) is 9.83. The van der Waals surface area contributed by atoms with Crippen LogP contribution >= 0.6 is 0 Å². The van der Waals surface area contributed by atoms with Crippen LogP contribution in [0, 0.1) is 0 Å². The summed E-state index contributed by atoms with van der Waals surface area (Å²) in [4.78, 5) is 0. The maximum Gasteiger partial charge on any atom is 0.143 e. The second-order valence-electron chi connectivity index (χ2n) is 12.4. The molecule has 0 fully saturated rings. The molecule has 0 amide bonds. The van der Waals surface area contributed by atoms with E-state index in [1.807, 2.05) is 0 Å². The smallest absolute Gasteiger partial charge is 0.143 e. The number of fused-ring (bicyclic) bond motifs is 7. The Labute approximate surface area is 271 Å². The second-order valence-corrected chi connectivity index (χ2v) is 12.4. The van der Waals surface area contributed by atoms with Crippen LogP contribution in [0.25, 0.3) is 98.4 Å². The highest BCUT2D eigenvalue weighted by Gasteiger charge is 2.23. The fraction of sp³-hybridized carbons (Fsp3) is 0. The van der Waals surface area contributed by atoms with E-state index in [0.29, 0.717) is 0 Å². The lowest BCUT2D eigenvalue weighted by molar-refractivity contribution is 0.670. The standard InChI is InChI=1S/C46H28O/c1-2-13-29(14-3-1)31-26-25-30-16-12-23-39(40(30)27-31)43-35-19-6-8-21-37(35)44(38-22-9-7-20-36(38)43)45-33-17-5-4-15-32(33)28-41-34-18-10-11-24-42(34)47-46(41)45/h1-28H. The van der Waals surface area contributed by atoms with Gasteiger partial charge in [-0.3, -0.25) is 0 Å². The third kappa shape index (κ3) is 3.90. The average Bonchev–Trinajstić information content (AvgIpc) is 3.51. The Morgan fingerprint density at radius 2 is 0.894 bits per heavy atom. The molecule has 0 aliphatic heterocycles. The van der Waals surface area contributed by atoms with Gasteiger partial charge in [0.05, 0.1) is 0 Å². The number of hydrogen-bond acceptors (Lipinski definition) is 1. The van der Waals surface area contributed by atoms with Crippen molar-refractivity contribution in [2.45, 2.75) is 0 Å². The van der Waals surface area contributed by atoms with Crippen LogP contribution in [0.15, 0.2) is 174 Å². The molecule has 10 rings (SSSR count). The minimum absolute atomic E-state index is 0.911. The minimum Gasteiger partial charge on any atom is -0.455 e. The van der Waals surface area contributed by atoms with Crippen molar-refractivity contribution >= 4 is 65.0 Å². The van der Waals surface area contributed by atoms with E-state index in [1.54, 1.807) is 0 Å². The molecule has 0 bridgehead atoms. The van der Waals surface area contributed by atoms with Gasteiger partial charge in [-0.15, -0.1) is 0 Å². The topological polar surface area (TPSA) is 13.1 Å².